The molecule has 184 valence electrons. The highest BCUT2D eigenvalue weighted by atomic mass is 35.5. The summed E-state index contributed by atoms with van der Waals surface area (Å²) in [5.74, 6) is 0.797. The highest BCUT2D eigenvalue weighted by Gasteiger charge is 2.31. The van der Waals surface area contributed by atoms with E-state index >= 15 is 0 Å². The van der Waals surface area contributed by atoms with Crippen LogP contribution in [-0.2, 0) is 16.1 Å². The van der Waals surface area contributed by atoms with Crippen molar-refractivity contribution in [3.8, 4) is 11.5 Å². The summed E-state index contributed by atoms with van der Waals surface area (Å²) in [5, 5.41) is 4.12. The van der Waals surface area contributed by atoms with Gasteiger partial charge in [-0.15, -0.1) is 0 Å². The molecular weight excluding hydrogens is 475 g/mol. The Morgan fingerprint density at radius 3 is 2.35 bits per heavy atom. The van der Waals surface area contributed by atoms with E-state index in [9.17, 15) is 9.59 Å². The Morgan fingerprint density at radius 1 is 1.06 bits per heavy atom. The Hall–Kier alpha value is -2.44. The van der Waals surface area contributed by atoms with Gasteiger partial charge in [0.2, 0.25) is 5.91 Å². The average molecular weight is 507 g/mol. The van der Waals surface area contributed by atoms with Crippen molar-refractivity contribution in [2.24, 2.45) is 0 Å². The van der Waals surface area contributed by atoms with Crippen molar-refractivity contribution in [1.82, 2.24) is 10.2 Å². The third-order valence-corrected chi connectivity index (χ3v) is 6.70. The molecule has 1 atom stereocenters. The van der Waals surface area contributed by atoms with Crippen LogP contribution in [0.1, 0.15) is 51.0 Å². The van der Waals surface area contributed by atoms with E-state index in [1.54, 1.807) is 54.5 Å². The van der Waals surface area contributed by atoms with E-state index in [4.69, 9.17) is 32.7 Å². The van der Waals surface area contributed by atoms with E-state index in [0.29, 0.717) is 33.5 Å². The molecule has 1 aliphatic carbocycles. The van der Waals surface area contributed by atoms with Crippen molar-refractivity contribution < 1.29 is 19.1 Å². The van der Waals surface area contributed by atoms with Gasteiger partial charge in [-0.05, 0) is 61.2 Å². The summed E-state index contributed by atoms with van der Waals surface area (Å²) in [7, 11) is 1.59. The number of carbonyl (C=O) groups excluding carboxylic acids is 2. The molecule has 0 radical (unpaired) electrons. The third-order valence-electron chi connectivity index (χ3n) is 6.12. The molecule has 1 aliphatic rings. The molecule has 2 aromatic carbocycles. The molecular formula is C26H32Cl2N2O4. The molecule has 0 bridgehead atoms. The first kappa shape index (κ1) is 26.2. The lowest BCUT2D eigenvalue weighted by molar-refractivity contribution is -0.143. The molecule has 1 saturated carbocycles. The SMILES string of the molecule is CCC(C(=O)NC1CCCCC1)N(Cc1ccc(Cl)cc1Cl)C(=O)COc1ccc(OC)cc1. The van der Waals surface area contributed by atoms with Gasteiger partial charge < -0.3 is 19.7 Å². The Balaban J connectivity index is 1.77. The lowest BCUT2D eigenvalue weighted by Crippen LogP contribution is -2.52. The number of amides is 2. The van der Waals surface area contributed by atoms with Crippen LogP contribution in [-0.4, -0.2) is 42.5 Å². The van der Waals surface area contributed by atoms with Crippen molar-refractivity contribution in [1.29, 1.82) is 0 Å². The molecule has 2 amide bonds. The monoisotopic (exact) mass is 506 g/mol. The molecule has 1 N–H and O–H groups in total. The van der Waals surface area contributed by atoms with Gasteiger partial charge in [-0.25, -0.2) is 0 Å². The van der Waals surface area contributed by atoms with Crippen LogP contribution in [0.4, 0.5) is 0 Å². The van der Waals surface area contributed by atoms with E-state index in [0.717, 1.165) is 25.7 Å². The van der Waals surface area contributed by atoms with Gasteiger partial charge in [0.15, 0.2) is 6.61 Å². The first-order valence-corrected chi connectivity index (χ1v) is 12.5. The molecule has 2 aromatic rings. The lowest BCUT2D eigenvalue weighted by Gasteiger charge is -2.33. The van der Waals surface area contributed by atoms with Crippen molar-refractivity contribution >= 4 is 35.0 Å². The molecule has 0 aliphatic heterocycles. The topological polar surface area (TPSA) is 67.9 Å². The number of hydrogen-bond acceptors (Lipinski definition) is 4. The van der Waals surface area contributed by atoms with Gasteiger partial charge in [0.05, 0.1) is 7.11 Å². The van der Waals surface area contributed by atoms with Crippen LogP contribution >= 0.6 is 23.2 Å². The van der Waals surface area contributed by atoms with Crippen LogP contribution in [0.15, 0.2) is 42.5 Å². The number of rotatable bonds is 10. The van der Waals surface area contributed by atoms with Crippen LogP contribution < -0.4 is 14.8 Å². The number of carbonyl (C=O) groups is 2. The molecule has 1 unspecified atom stereocenters. The van der Waals surface area contributed by atoms with Crippen molar-refractivity contribution in [3.05, 3.63) is 58.1 Å². The molecule has 0 aromatic heterocycles. The minimum Gasteiger partial charge on any atom is -0.497 e. The fourth-order valence-electron chi connectivity index (χ4n) is 4.20. The number of nitrogens with one attached hydrogen (secondary N) is 1. The smallest absolute Gasteiger partial charge is 0.261 e. The van der Waals surface area contributed by atoms with Gasteiger partial charge in [0.1, 0.15) is 17.5 Å². The standard InChI is InChI=1S/C26H32Cl2N2O4/c1-3-24(26(32)29-20-7-5-4-6-8-20)30(16-18-9-10-19(27)15-23(18)28)25(31)17-34-22-13-11-21(33-2)12-14-22/h9-15,20,24H,3-8,16-17H2,1-2H3,(H,29,32). The first-order valence-electron chi connectivity index (χ1n) is 11.7. The average Bonchev–Trinajstić information content (AvgIpc) is 2.84. The maximum absolute atomic E-state index is 13.3. The number of nitrogens with zero attached hydrogens (tertiary/aromatic N) is 1. The second kappa shape index (κ2) is 12.9. The number of benzene rings is 2. The van der Waals surface area contributed by atoms with E-state index < -0.39 is 6.04 Å². The summed E-state index contributed by atoms with van der Waals surface area (Å²) >= 11 is 12.4. The van der Waals surface area contributed by atoms with Crippen LogP contribution in [0.5, 0.6) is 11.5 Å². The molecule has 8 heteroatoms. The molecule has 0 spiro atoms. The van der Waals surface area contributed by atoms with Crippen molar-refractivity contribution in [2.75, 3.05) is 13.7 Å². The normalized spacial score (nSPS) is 14.8. The zero-order chi connectivity index (χ0) is 24.5. The first-order chi connectivity index (χ1) is 16.4. The van der Waals surface area contributed by atoms with E-state index in [1.165, 1.54) is 6.42 Å². The molecule has 34 heavy (non-hydrogen) atoms. The number of methoxy groups -OCH3 is 1. The molecule has 6 nitrogen and oxygen atoms in total. The predicted octanol–water partition coefficient (Wildman–Crippen LogP) is 5.64. The maximum atomic E-state index is 13.3. The van der Waals surface area contributed by atoms with E-state index in [1.807, 2.05) is 6.92 Å². The number of ether oxygens (including phenoxy) is 2. The maximum Gasteiger partial charge on any atom is 0.261 e. The summed E-state index contributed by atoms with van der Waals surface area (Å²) in [5.41, 5.74) is 0.716. The van der Waals surface area contributed by atoms with Gasteiger partial charge in [-0.2, -0.15) is 0 Å². The molecule has 0 saturated heterocycles. The fourth-order valence-corrected chi connectivity index (χ4v) is 4.67. The van der Waals surface area contributed by atoms with Crippen LogP contribution in [0.3, 0.4) is 0 Å². The third kappa shape index (κ3) is 7.28. The highest BCUT2D eigenvalue weighted by molar-refractivity contribution is 6.35. The zero-order valence-electron chi connectivity index (χ0n) is 19.7. The van der Waals surface area contributed by atoms with Crippen molar-refractivity contribution in [2.45, 2.75) is 64.1 Å². The summed E-state index contributed by atoms with van der Waals surface area (Å²) in [6.45, 7) is 1.88. The molecule has 0 heterocycles. The summed E-state index contributed by atoms with van der Waals surface area (Å²) < 4.78 is 10.9. The van der Waals surface area contributed by atoms with E-state index in [2.05, 4.69) is 5.32 Å². The highest BCUT2D eigenvalue weighted by Crippen LogP contribution is 2.25. The van der Waals surface area contributed by atoms with Crippen LogP contribution in [0.25, 0.3) is 0 Å². The minimum absolute atomic E-state index is 0.141. The van der Waals surface area contributed by atoms with Crippen LogP contribution in [0.2, 0.25) is 10.0 Å². The minimum atomic E-state index is -0.638. The summed E-state index contributed by atoms with van der Waals surface area (Å²) in [6.07, 6.45) is 5.84. The Kier molecular flexibility index (Phi) is 9.90. The van der Waals surface area contributed by atoms with Gasteiger partial charge >= 0.3 is 0 Å². The number of hydrogen-bond donors (Lipinski definition) is 1. The Labute approximate surface area is 211 Å². The lowest BCUT2D eigenvalue weighted by atomic mass is 9.95. The summed E-state index contributed by atoms with van der Waals surface area (Å²) in [6, 6.07) is 11.7. The van der Waals surface area contributed by atoms with Gasteiger partial charge in [-0.1, -0.05) is 55.5 Å². The van der Waals surface area contributed by atoms with Gasteiger partial charge in [0, 0.05) is 22.6 Å². The summed E-state index contributed by atoms with van der Waals surface area (Å²) in [4.78, 5) is 28.1. The zero-order valence-corrected chi connectivity index (χ0v) is 21.2. The predicted molar refractivity (Wildman–Crippen MR) is 135 cm³/mol. The van der Waals surface area contributed by atoms with Gasteiger partial charge in [0.25, 0.3) is 5.91 Å². The van der Waals surface area contributed by atoms with Crippen LogP contribution in [0, 0.1) is 0 Å². The quantitative estimate of drug-likeness (QED) is 0.452. The molecule has 1 fully saturated rings. The van der Waals surface area contributed by atoms with Crippen molar-refractivity contribution in [3.63, 3.8) is 0 Å². The second-order valence-electron chi connectivity index (χ2n) is 8.49. The largest absolute Gasteiger partial charge is 0.497 e. The Bertz CT molecular complexity index is 962. The Morgan fingerprint density at radius 2 is 1.74 bits per heavy atom. The van der Waals surface area contributed by atoms with E-state index in [-0.39, 0.29) is 31.0 Å². The number of halogens is 2. The molecule has 3 rings (SSSR count). The van der Waals surface area contributed by atoms with Gasteiger partial charge in [-0.3, -0.25) is 9.59 Å². The fraction of sp³-hybridized carbons (Fsp3) is 0.462. The second-order valence-corrected chi connectivity index (χ2v) is 9.33.